The Labute approximate surface area is 43.7 Å². The van der Waals surface area contributed by atoms with Crippen LogP contribution >= 0.6 is 0 Å². The first kappa shape index (κ1) is 6.34. The van der Waals surface area contributed by atoms with E-state index in [0.29, 0.717) is 0 Å². The van der Waals surface area contributed by atoms with E-state index in [4.69, 9.17) is 5.53 Å². The summed E-state index contributed by atoms with van der Waals surface area (Å²) in [4.78, 5) is 0. The number of rotatable bonds is 2. The number of nitrogens with zero attached hydrogens (tertiary/aromatic N) is 1. The van der Waals surface area contributed by atoms with Gasteiger partial charge in [0.1, 0.15) is 0 Å². The van der Waals surface area contributed by atoms with E-state index in [1.54, 1.807) is 0 Å². The lowest BCUT2D eigenvalue weighted by atomic mass is 10.3. The van der Waals surface area contributed by atoms with Gasteiger partial charge in [0.05, 0.1) is 6.04 Å². The van der Waals surface area contributed by atoms with Gasteiger partial charge in [0.25, 0.3) is 0 Å². The lowest BCUT2D eigenvalue weighted by Crippen LogP contribution is -1.86. The van der Waals surface area contributed by atoms with Crippen LogP contribution < -0.4 is 0 Å². The van der Waals surface area contributed by atoms with Gasteiger partial charge in [0.15, 0.2) is 0 Å². The Morgan fingerprint density at radius 3 is 2.43 bits per heavy atom. The molecule has 0 aliphatic carbocycles. The average molecular weight is 98.1 g/mol. The van der Waals surface area contributed by atoms with Crippen LogP contribution in [0, 0.1) is 5.53 Å². The van der Waals surface area contributed by atoms with Crippen LogP contribution in [0.5, 0.6) is 0 Å². The zero-order valence-corrected chi connectivity index (χ0v) is 4.68. The fourth-order valence-corrected chi connectivity index (χ4v) is 0.322. The summed E-state index contributed by atoms with van der Waals surface area (Å²) in [6, 6.07) is 0.0602. The Hall–Kier alpha value is -0.660. The van der Waals surface area contributed by atoms with Crippen molar-refractivity contribution in [3.8, 4) is 0 Å². The number of allylic oxidation sites excluding steroid dienone is 1. The van der Waals surface area contributed by atoms with Crippen molar-refractivity contribution in [1.29, 1.82) is 5.53 Å². The van der Waals surface area contributed by atoms with Crippen molar-refractivity contribution in [3.63, 3.8) is 0 Å². The summed E-state index contributed by atoms with van der Waals surface area (Å²) in [5.41, 5.74) is 6.49. The second-order valence-corrected chi connectivity index (χ2v) is 1.40. The van der Waals surface area contributed by atoms with Gasteiger partial charge < -0.3 is 0 Å². The minimum absolute atomic E-state index is 0.0602. The maximum Gasteiger partial charge on any atom is 0.0857 e. The highest BCUT2D eigenvalue weighted by molar-refractivity contribution is 4.86. The van der Waals surface area contributed by atoms with Gasteiger partial charge in [-0.25, -0.2) is 5.53 Å². The quantitative estimate of drug-likeness (QED) is 0.405. The van der Waals surface area contributed by atoms with Crippen molar-refractivity contribution in [3.05, 3.63) is 12.2 Å². The Balaban J connectivity index is 3.35. The normalized spacial score (nSPS) is 14.6. The molecule has 0 bridgehead atoms. The van der Waals surface area contributed by atoms with E-state index < -0.39 is 0 Å². The predicted molar refractivity (Wildman–Crippen MR) is 29.4 cm³/mol. The van der Waals surface area contributed by atoms with Crippen LogP contribution in [0.2, 0.25) is 0 Å². The highest BCUT2D eigenvalue weighted by atomic mass is 15.0. The molecule has 0 rings (SSSR count). The molecule has 0 saturated carbocycles. The SMILES string of the molecule is C/C=C\C(C)N=N. The fraction of sp³-hybridized carbons (Fsp3) is 0.600. The fourth-order valence-electron chi connectivity index (χ4n) is 0.322. The van der Waals surface area contributed by atoms with Crippen molar-refractivity contribution in [2.45, 2.75) is 19.9 Å². The van der Waals surface area contributed by atoms with Gasteiger partial charge in [-0.2, -0.15) is 5.11 Å². The molecule has 2 nitrogen and oxygen atoms in total. The molecule has 0 aromatic heterocycles. The largest absolute Gasteiger partial charge is 0.209 e. The number of hydrogen-bond acceptors (Lipinski definition) is 2. The van der Waals surface area contributed by atoms with Crippen LogP contribution in [0.4, 0.5) is 0 Å². The van der Waals surface area contributed by atoms with E-state index in [1.165, 1.54) is 0 Å². The third kappa shape index (κ3) is 3.16. The molecule has 1 N–H and O–H groups in total. The van der Waals surface area contributed by atoms with E-state index in [0.717, 1.165) is 0 Å². The van der Waals surface area contributed by atoms with E-state index in [1.807, 2.05) is 26.0 Å². The minimum atomic E-state index is 0.0602. The zero-order valence-electron chi connectivity index (χ0n) is 4.68. The van der Waals surface area contributed by atoms with Crippen LogP contribution in [0.15, 0.2) is 17.3 Å². The summed E-state index contributed by atoms with van der Waals surface area (Å²) in [6.45, 7) is 3.79. The average Bonchev–Trinajstić information content (AvgIpc) is 1.68. The lowest BCUT2D eigenvalue weighted by molar-refractivity contribution is 0.813. The first-order valence-electron chi connectivity index (χ1n) is 2.30. The molecule has 40 valence electrons. The molecule has 0 heterocycles. The van der Waals surface area contributed by atoms with Crippen LogP contribution in [-0.4, -0.2) is 6.04 Å². The lowest BCUT2D eigenvalue weighted by Gasteiger charge is -1.88. The van der Waals surface area contributed by atoms with Crippen molar-refractivity contribution < 1.29 is 0 Å². The van der Waals surface area contributed by atoms with Crippen LogP contribution in [0.1, 0.15) is 13.8 Å². The number of hydrogen-bond donors (Lipinski definition) is 1. The van der Waals surface area contributed by atoms with Gasteiger partial charge in [-0.1, -0.05) is 12.2 Å². The van der Waals surface area contributed by atoms with Gasteiger partial charge in [-0.3, -0.25) is 0 Å². The topological polar surface area (TPSA) is 36.2 Å². The highest BCUT2D eigenvalue weighted by Gasteiger charge is 1.84. The first-order valence-corrected chi connectivity index (χ1v) is 2.30. The standard InChI is InChI=1S/C5H10N2/c1-3-4-5(2)7-6/h3-6H,1-2H3/b4-3-,7-6?. The first-order chi connectivity index (χ1) is 3.31. The molecule has 0 saturated heterocycles. The van der Waals surface area contributed by atoms with Gasteiger partial charge in [-0.05, 0) is 13.8 Å². The summed E-state index contributed by atoms with van der Waals surface area (Å²) in [5, 5.41) is 3.24. The van der Waals surface area contributed by atoms with Crippen molar-refractivity contribution in [2.24, 2.45) is 5.11 Å². The smallest absolute Gasteiger partial charge is 0.0857 e. The van der Waals surface area contributed by atoms with Crippen LogP contribution in [0.25, 0.3) is 0 Å². The van der Waals surface area contributed by atoms with E-state index >= 15 is 0 Å². The molecule has 0 spiro atoms. The molecule has 0 radical (unpaired) electrons. The molecular weight excluding hydrogens is 88.1 g/mol. The minimum Gasteiger partial charge on any atom is -0.209 e. The molecule has 0 fully saturated rings. The summed E-state index contributed by atoms with van der Waals surface area (Å²) in [7, 11) is 0. The Morgan fingerprint density at radius 2 is 2.29 bits per heavy atom. The predicted octanol–water partition coefficient (Wildman–Crippen LogP) is 1.98. The van der Waals surface area contributed by atoms with Crippen molar-refractivity contribution in [1.82, 2.24) is 0 Å². The number of nitrogens with one attached hydrogen (secondary N) is 1. The summed E-state index contributed by atoms with van der Waals surface area (Å²) >= 11 is 0. The monoisotopic (exact) mass is 98.1 g/mol. The molecule has 0 aliphatic heterocycles. The summed E-state index contributed by atoms with van der Waals surface area (Å²) in [5.74, 6) is 0. The molecule has 2 heteroatoms. The maximum atomic E-state index is 6.49. The van der Waals surface area contributed by atoms with Crippen molar-refractivity contribution in [2.75, 3.05) is 0 Å². The summed E-state index contributed by atoms with van der Waals surface area (Å²) < 4.78 is 0. The van der Waals surface area contributed by atoms with Crippen LogP contribution in [-0.2, 0) is 0 Å². The second kappa shape index (κ2) is 3.53. The van der Waals surface area contributed by atoms with E-state index in [9.17, 15) is 0 Å². The molecular formula is C5H10N2. The van der Waals surface area contributed by atoms with Gasteiger partial charge in [-0.15, -0.1) is 0 Å². The Kier molecular flexibility index (Phi) is 3.19. The van der Waals surface area contributed by atoms with E-state index in [2.05, 4.69) is 5.11 Å². The third-order valence-corrected chi connectivity index (χ3v) is 0.675. The molecule has 0 aliphatic rings. The molecule has 0 aromatic rings. The van der Waals surface area contributed by atoms with Crippen LogP contribution in [0.3, 0.4) is 0 Å². The van der Waals surface area contributed by atoms with Crippen molar-refractivity contribution >= 4 is 0 Å². The Morgan fingerprint density at radius 1 is 1.71 bits per heavy atom. The van der Waals surface area contributed by atoms with Gasteiger partial charge in [0, 0.05) is 0 Å². The molecule has 0 aromatic carbocycles. The molecule has 1 unspecified atom stereocenters. The second-order valence-electron chi connectivity index (χ2n) is 1.40. The molecule has 7 heavy (non-hydrogen) atoms. The van der Waals surface area contributed by atoms with Gasteiger partial charge >= 0.3 is 0 Å². The zero-order chi connectivity index (χ0) is 5.70. The molecule has 1 atom stereocenters. The third-order valence-electron chi connectivity index (χ3n) is 0.675. The Bertz CT molecular complexity index is 76.1. The maximum absolute atomic E-state index is 6.49. The van der Waals surface area contributed by atoms with E-state index in [-0.39, 0.29) is 6.04 Å². The summed E-state index contributed by atoms with van der Waals surface area (Å²) in [6.07, 6.45) is 3.76. The highest BCUT2D eigenvalue weighted by Crippen LogP contribution is 1.87. The van der Waals surface area contributed by atoms with Gasteiger partial charge in [0.2, 0.25) is 0 Å². The molecule has 0 amide bonds.